The van der Waals surface area contributed by atoms with Gasteiger partial charge >= 0.3 is 5.97 Å². The number of carbonyl (C=O) groups is 1. The lowest BCUT2D eigenvalue weighted by Gasteiger charge is -2.35. The van der Waals surface area contributed by atoms with Gasteiger partial charge in [0.1, 0.15) is 0 Å². The van der Waals surface area contributed by atoms with Gasteiger partial charge in [-0.3, -0.25) is 10.1 Å². The Morgan fingerprint density at radius 2 is 2.30 bits per heavy atom. The molecule has 20 heavy (non-hydrogen) atoms. The summed E-state index contributed by atoms with van der Waals surface area (Å²) in [6.07, 6.45) is 0. The van der Waals surface area contributed by atoms with Crippen molar-refractivity contribution >= 4 is 17.3 Å². The molecular formula is C13H16N2O5. The number of ether oxygens (including phenoxy) is 2. The zero-order chi connectivity index (χ0) is 14.7. The van der Waals surface area contributed by atoms with Crippen LogP contribution in [-0.4, -0.2) is 43.8 Å². The monoisotopic (exact) mass is 280 g/mol. The van der Waals surface area contributed by atoms with E-state index in [-0.39, 0.29) is 12.3 Å². The summed E-state index contributed by atoms with van der Waals surface area (Å²) in [5, 5.41) is 11.0. The van der Waals surface area contributed by atoms with Crippen molar-refractivity contribution < 1.29 is 19.2 Å². The van der Waals surface area contributed by atoms with Gasteiger partial charge in [0.15, 0.2) is 6.04 Å². The number of esters is 1. The third-order valence-corrected chi connectivity index (χ3v) is 3.32. The predicted molar refractivity (Wildman–Crippen MR) is 71.8 cm³/mol. The number of anilines is 1. The van der Waals surface area contributed by atoms with Crippen molar-refractivity contribution in [2.24, 2.45) is 0 Å². The topological polar surface area (TPSA) is 81.9 Å². The van der Waals surface area contributed by atoms with Crippen LogP contribution in [0.25, 0.3) is 0 Å². The van der Waals surface area contributed by atoms with Gasteiger partial charge in [-0.05, 0) is 13.0 Å². The number of morpholine rings is 1. The highest BCUT2D eigenvalue weighted by molar-refractivity contribution is 5.80. The van der Waals surface area contributed by atoms with Crippen LogP contribution < -0.4 is 4.90 Å². The Labute approximate surface area is 116 Å². The molecule has 7 heteroatoms. The summed E-state index contributed by atoms with van der Waals surface area (Å²) in [5.74, 6) is -0.409. The fraction of sp³-hybridized carbons (Fsp3) is 0.462. The first-order valence-corrected chi connectivity index (χ1v) is 6.22. The highest BCUT2D eigenvalue weighted by Crippen LogP contribution is 2.27. The van der Waals surface area contributed by atoms with E-state index in [0.29, 0.717) is 24.4 Å². The Balaban J connectivity index is 2.35. The predicted octanol–water partition coefficient (Wildman–Crippen LogP) is 1.28. The number of carbonyl (C=O) groups excluding carboxylic acids is 1. The number of methoxy groups -OCH3 is 1. The minimum absolute atomic E-state index is 0.0395. The summed E-state index contributed by atoms with van der Waals surface area (Å²) in [6, 6.07) is 4.35. The van der Waals surface area contributed by atoms with Crippen LogP contribution in [-0.2, 0) is 14.3 Å². The van der Waals surface area contributed by atoms with Crippen LogP contribution >= 0.6 is 0 Å². The Hall–Kier alpha value is -2.15. The van der Waals surface area contributed by atoms with Crippen LogP contribution in [0.1, 0.15) is 5.56 Å². The molecule has 1 heterocycles. The quantitative estimate of drug-likeness (QED) is 0.471. The molecule has 0 amide bonds. The summed E-state index contributed by atoms with van der Waals surface area (Å²) in [7, 11) is 1.31. The molecule has 2 rings (SSSR count). The van der Waals surface area contributed by atoms with E-state index in [4.69, 9.17) is 9.47 Å². The lowest BCUT2D eigenvalue weighted by molar-refractivity contribution is -0.385. The van der Waals surface area contributed by atoms with Gasteiger partial charge in [-0.15, -0.1) is 0 Å². The Morgan fingerprint density at radius 3 is 2.95 bits per heavy atom. The van der Waals surface area contributed by atoms with Gasteiger partial charge in [0.2, 0.25) is 0 Å². The molecule has 0 saturated carbocycles. The number of nitro benzene ring substituents is 1. The van der Waals surface area contributed by atoms with Gasteiger partial charge in [-0.2, -0.15) is 0 Å². The number of nitrogens with zero attached hydrogens (tertiary/aromatic N) is 2. The van der Waals surface area contributed by atoms with Gasteiger partial charge < -0.3 is 14.4 Å². The zero-order valence-corrected chi connectivity index (χ0v) is 11.4. The summed E-state index contributed by atoms with van der Waals surface area (Å²) in [4.78, 5) is 24.1. The highest BCUT2D eigenvalue weighted by atomic mass is 16.6. The fourth-order valence-corrected chi connectivity index (χ4v) is 2.22. The van der Waals surface area contributed by atoms with Gasteiger partial charge in [0.25, 0.3) is 5.69 Å². The third kappa shape index (κ3) is 2.72. The zero-order valence-electron chi connectivity index (χ0n) is 11.4. The first-order chi connectivity index (χ1) is 9.54. The molecule has 0 aliphatic carbocycles. The van der Waals surface area contributed by atoms with E-state index in [1.54, 1.807) is 24.0 Å². The second-order valence-electron chi connectivity index (χ2n) is 4.54. The lowest BCUT2D eigenvalue weighted by atomic mass is 10.1. The van der Waals surface area contributed by atoms with Crippen LogP contribution in [0.3, 0.4) is 0 Å². The normalized spacial score (nSPS) is 18.7. The van der Waals surface area contributed by atoms with Crippen LogP contribution in [0.5, 0.6) is 0 Å². The fourth-order valence-electron chi connectivity index (χ4n) is 2.22. The van der Waals surface area contributed by atoms with Crippen LogP contribution in [0.2, 0.25) is 0 Å². The van der Waals surface area contributed by atoms with E-state index in [1.807, 2.05) is 0 Å². The average molecular weight is 280 g/mol. The Bertz CT molecular complexity index is 531. The highest BCUT2D eigenvalue weighted by Gasteiger charge is 2.31. The first-order valence-electron chi connectivity index (χ1n) is 6.22. The molecule has 0 N–H and O–H groups in total. The van der Waals surface area contributed by atoms with Gasteiger partial charge in [-0.1, -0.05) is 6.07 Å². The van der Waals surface area contributed by atoms with Crippen LogP contribution in [0.4, 0.5) is 11.4 Å². The van der Waals surface area contributed by atoms with Crippen molar-refractivity contribution in [1.29, 1.82) is 0 Å². The standard InChI is InChI=1S/C13H16N2O5/c1-9-3-4-10(7-11(9)15(17)18)14-5-6-20-8-12(14)13(16)19-2/h3-4,7,12H,5-6,8H2,1-2H3. The number of benzene rings is 1. The van der Waals surface area contributed by atoms with E-state index < -0.39 is 16.9 Å². The number of nitro groups is 1. The summed E-state index contributed by atoms with van der Waals surface area (Å²) < 4.78 is 10.0. The molecular weight excluding hydrogens is 264 g/mol. The Kier molecular flexibility index (Phi) is 4.19. The molecule has 1 unspecified atom stereocenters. The molecule has 0 radical (unpaired) electrons. The van der Waals surface area contributed by atoms with Crippen molar-refractivity contribution in [3.63, 3.8) is 0 Å². The number of hydrogen-bond acceptors (Lipinski definition) is 6. The molecule has 1 aromatic rings. The molecule has 1 atom stereocenters. The van der Waals surface area contributed by atoms with Crippen molar-refractivity contribution in [2.45, 2.75) is 13.0 Å². The molecule has 1 aliphatic heterocycles. The number of rotatable bonds is 3. The summed E-state index contributed by atoms with van der Waals surface area (Å²) >= 11 is 0. The molecule has 1 saturated heterocycles. The van der Waals surface area contributed by atoms with E-state index >= 15 is 0 Å². The molecule has 1 fully saturated rings. The molecule has 7 nitrogen and oxygen atoms in total. The van der Waals surface area contributed by atoms with Crippen molar-refractivity contribution in [1.82, 2.24) is 0 Å². The van der Waals surface area contributed by atoms with Gasteiger partial charge in [0, 0.05) is 23.9 Å². The van der Waals surface area contributed by atoms with Gasteiger partial charge in [-0.25, -0.2) is 4.79 Å². The van der Waals surface area contributed by atoms with Crippen molar-refractivity contribution in [3.8, 4) is 0 Å². The van der Waals surface area contributed by atoms with Crippen molar-refractivity contribution in [3.05, 3.63) is 33.9 Å². The maximum absolute atomic E-state index is 11.8. The third-order valence-electron chi connectivity index (χ3n) is 3.32. The molecule has 108 valence electrons. The largest absolute Gasteiger partial charge is 0.467 e. The number of aryl methyl sites for hydroxylation is 1. The maximum Gasteiger partial charge on any atom is 0.330 e. The Morgan fingerprint density at radius 1 is 1.55 bits per heavy atom. The second kappa shape index (κ2) is 5.87. The second-order valence-corrected chi connectivity index (χ2v) is 4.54. The van der Waals surface area contributed by atoms with Gasteiger partial charge in [0.05, 0.1) is 25.2 Å². The minimum atomic E-state index is -0.573. The average Bonchev–Trinajstić information content (AvgIpc) is 2.46. The SMILES string of the molecule is COC(=O)C1COCCN1c1ccc(C)c([N+](=O)[O-])c1. The lowest BCUT2D eigenvalue weighted by Crippen LogP contribution is -2.50. The summed E-state index contributed by atoms with van der Waals surface area (Å²) in [6.45, 7) is 2.85. The van der Waals surface area contributed by atoms with E-state index in [9.17, 15) is 14.9 Å². The van der Waals surface area contributed by atoms with E-state index in [1.165, 1.54) is 13.2 Å². The number of hydrogen-bond donors (Lipinski definition) is 0. The van der Waals surface area contributed by atoms with E-state index in [2.05, 4.69) is 0 Å². The molecule has 0 spiro atoms. The van der Waals surface area contributed by atoms with Crippen LogP contribution in [0.15, 0.2) is 18.2 Å². The van der Waals surface area contributed by atoms with Crippen molar-refractivity contribution in [2.75, 3.05) is 31.8 Å². The molecule has 0 aromatic heterocycles. The van der Waals surface area contributed by atoms with E-state index in [0.717, 1.165) is 0 Å². The minimum Gasteiger partial charge on any atom is -0.467 e. The molecule has 0 bridgehead atoms. The molecule has 1 aromatic carbocycles. The maximum atomic E-state index is 11.8. The molecule has 1 aliphatic rings. The summed E-state index contributed by atoms with van der Waals surface area (Å²) in [5.41, 5.74) is 1.25. The first kappa shape index (κ1) is 14.3. The smallest absolute Gasteiger partial charge is 0.330 e. The van der Waals surface area contributed by atoms with Crippen LogP contribution in [0, 0.1) is 17.0 Å².